The van der Waals surface area contributed by atoms with Gasteiger partial charge in [-0.15, -0.1) is 0 Å². The minimum atomic E-state index is 0.321. The summed E-state index contributed by atoms with van der Waals surface area (Å²) in [6.07, 6.45) is 2.05. The van der Waals surface area contributed by atoms with Crippen molar-refractivity contribution in [2.45, 2.75) is 17.7 Å². The monoisotopic (exact) mass is 412 g/mol. The normalized spacial score (nSPS) is 12.0. The molecule has 0 bridgehead atoms. The van der Waals surface area contributed by atoms with Crippen molar-refractivity contribution >= 4 is 31.9 Å². The number of rotatable bonds is 6. The number of aryl methyl sites for hydroxylation is 1. The van der Waals surface area contributed by atoms with Gasteiger partial charge >= 0.3 is 0 Å². The third-order valence-corrected chi connectivity index (χ3v) is 4.99. The van der Waals surface area contributed by atoms with Crippen molar-refractivity contribution in [1.29, 1.82) is 0 Å². The molecule has 1 atom stereocenters. The van der Waals surface area contributed by atoms with E-state index in [4.69, 9.17) is 9.47 Å². The van der Waals surface area contributed by atoms with Gasteiger partial charge in [-0.05, 0) is 64.2 Å². The summed E-state index contributed by atoms with van der Waals surface area (Å²) in [6.45, 7) is 0. The minimum absolute atomic E-state index is 0.321. The summed E-state index contributed by atoms with van der Waals surface area (Å²) < 4.78 is 11.4. The van der Waals surface area contributed by atoms with Crippen LogP contribution in [-0.2, 0) is 6.42 Å². The van der Waals surface area contributed by atoms with Crippen LogP contribution in [0.5, 0.6) is 11.5 Å². The summed E-state index contributed by atoms with van der Waals surface area (Å²) in [5.41, 5.74) is 2.56. The van der Waals surface area contributed by atoms with Crippen LogP contribution in [-0.4, -0.2) is 14.2 Å². The van der Waals surface area contributed by atoms with Crippen molar-refractivity contribution in [2.24, 2.45) is 0 Å². The lowest BCUT2D eigenvalue weighted by Gasteiger charge is -2.12. The second-order valence-corrected chi connectivity index (χ2v) is 6.71. The van der Waals surface area contributed by atoms with Crippen molar-refractivity contribution in [3.05, 3.63) is 58.1 Å². The van der Waals surface area contributed by atoms with Crippen molar-refractivity contribution in [1.82, 2.24) is 0 Å². The molecule has 4 heteroatoms. The Morgan fingerprint density at radius 2 is 1.71 bits per heavy atom. The fourth-order valence-electron chi connectivity index (χ4n) is 2.13. The van der Waals surface area contributed by atoms with Gasteiger partial charge in [-0.3, -0.25) is 0 Å². The molecule has 0 radical (unpaired) electrons. The van der Waals surface area contributed by atoms with Gasteiger partial charge in [0.1, 0.15) is 11.5 Å². The molecule has 0 amide bonds. The van der Waals surface area contributed by atoms with E-state index >= 15 is 0 Å². The smallest absolute Gasteiger partial charge is 0.133 e. The Hall–Kier alpha value is -1.00. The molecule has 2 aromatic carbocycles. The molecule has 2 rings (SSSR count). The zero-order chi connectivity index (χ0) is 15.2. The van der Waals surface area contributed by atoms with E-state index in [0.717, 1.165) is 28.8 Å². The average Bonchev–Trinajstić information content (AvgIpc) is 2.53. The maximum absolute atomic E-state index is 5.26. The largest absolute Gasteiger partial charge is 0.497 e. The maximum Gasteiger partial charge on any atom is 0.133 e. The second-order valence-electron chi connectivity index (χ2n) is 4.75. The number of hydrogen-bond acceptors (Lipinski definition) is 2. The van der Waals surface area contributed by atoms with Gasteiger partial charge in [-0.2, -0.15) is 0 Å². The molecule has 0 saturated carbocycles. The van der Waals surface area contributed by atoms with Gasteiger partial charge in [-0.1, -0.05) is 34.1 Å². The Morgan fingerprint density at radius 1 is 1.00 bits per heavy atom. The summed E-state index contributed by atoms with van der Waals surface area (Å²) in [7, 11) is 3.36. The lowest BCUT2D eigenvalue weighted by molar-refractivity contribution is 0.412. The first-order valence-electron chi connectivity index (χ1n) is 6.74. The number of hydrogen-bond donors (Lipinski definition) is 0. The van der Waals surface area contributed by atoms with Crippen LogP contribution in [0.3, 0.4) is 0 Å². The Balaban J connectivity index is 1.97. The summed E-state index contributed by atoms with van der Waals surface area (Å²) in [5.74, 6) is 1.75. The topological polar surface area (TPSA) is 18.5 Å². The van der Waals surface area contributed by atoms with Crippen LogP contribution in [0, 0.1) is 0 Å². The van der Waals surface area contributed by atoms with E-state index in [1.807, 2.05) is 18.2 Å². The predicted octanol–water partition coefficient (Wildman–Crippen LogP) is 5.54. The van der Waals surface area contributed by atoms with Gasteiger partial charge in [0.05, 0.1) is 18.7 Å². The van der Waals surface area contributed by atoms with Gasteiger partial charge < -0.3 is 9.47 Å². The van der Waals surface area contributed by atoms with Crippen LogP contribution in [0.2, 0.25) is 0 Å². The fraction of sp³-hybridized carbons (Fsp3) is 0.294. The van der Waals surface area contributed by atoms with E-state index in [1.165, 1.54) is 11.1 Å². The maximum atomic E-state index is 5.26. The summed E-state index contributed by atoms with van der Waals surface area (Å²) >= 11 is 7.29. The number of methoxy groups -OCH3 is 2. The number of benzene rings is 2. The van der Waals surface area contributed by atoms with E-state index in [0.29, 0.717) is 4.83 Å². The molecule has 112 valence electrons. The molecule has 0 aliphatic rings. The summed E-state index contributed by atoms with van der Waals surface area (Å²) in [6, 6.07) is 14.4. The average molecular weight is 414 g/mol. The van der Waals surface area contributed by atoms with Gasteiger partial charge in [0, 0.05) is 4.83 Å². The highest BCUT2D eigenvalue weighted by Gasteiger charge is 2.10. The first-order valence-corrected chi connectivity index (χ1v) is 8.45. The second kappa shape index (κ2) is 7.85. The van der Waals surface area contributed by atoms with E-state index in [9.17, 15) is 0 Å². The quantitative estimate of drug-likeness (QED) is 0.579. The molecule has 2 aromatic rings. The first kappa shape index (κ1) is 16.4. The molecule has 0 aliphatic carbocycles. The highest BCUT2D eigenvalue weighted by Crippen LogP contribution is 2.33. The van der Waals surface area contributed by atoms with E-state index in [-0.39, 0.29) is 0 Å². The summed E-state index contributed by atoms with van der Waals surface area (Å²) in [5, 5.41) is 0. The molecule has 0 saturated heterocycles. The van der Waals surface area contributed by atoms with Gasteiger partial charge in [0.2, 0.25) is 0 Å². The van der Waals surface area contributed by atoms with Gasteiger partial charge in [0.15, 0.2) is 0 Å². The zero-order valence-electron chi connectivity index (χ0n) is 12.1. The van der Waals surface area contributed by atoms with Crippen LogP contribution < -0.4 is 9.47 Å². The van der Waals surface area contributed by atoms with E-state index < -0.39 is 0 Å². The Kier molecular flexibility index (Phi) is 6.12. The number of halogens is 2. The zero-order valence-corrected chi connectivity index (χ0v) is 15.3. The van der Waals surface area contributed by atoms with Crippen molar-refractivity contribution in [2.75, 3.05) is 14.2 Å². The highest BCUT2D eigenvalue weighted by molar-refractivity contribution is 9.10. The predicted molar refractivity (Wildman–Crippen MR) is 93.7 cm³/mol. The Labute approximate surface area is 142 Å². The minimum Gasteiger partial charge on any atom is -0.497 e. The molecule has 21 heavy (non-hydrogen) atoms. The van der Waals surface area contributed by atoms with E-state index in [2.05, 4.69) is 56.1 Å². The molecule has 0 fully saturated rings. The van der Waals surface area contributed by atoms with Crippen LogP contribution in [0.4, 0.5) is 0 Å². The lowest BCUT2D eigenvalue weighted by Crippen LogP contribution is -1.95. The number of alkyl halides is 1. The summed E-state index contributed by atoms with van der Waals surface area (Å²) in [4.78, 5) is 0.321. The van der Waals surface area contributed by atoms with Crippen LogP contribution >= 0.6 is 31.9 Å². The molecule has 2 nitrogen and oxygen atoms in total. The SMILES string of the molecule is COc1ccc(CCC(Br)c2ccc(OC)c(Br)c2)cc1. The first-order chi connectivity index (χ1) is 10.1. The molecular weight excluding hydrogens is 396 g/mol. The third kappa shape index (κ3) is 4.48. The van der Waals surface area contributed by atoms with Crippen LogP contribution in [0.15, 0.2) is 46.9 Å². The molecule has 0 N–H and O–H groups in total. The van der Waals surface area contributed by atoms with E-state index in [1.54, 1.807) is 14.2 Å². The molecule has 0 spiro atoms. The number of ether oxygens (including phenoxy) is 2. The standard InChI is InChI=1S/C17H18Br2O2/c1-20-14-7-3-12(4-8-14)5-9-15(18)13-6-10-17(21-2)16(19)11-13/h3-4,6-8,10-11,15H,5,9H2,1-2H3. The van der Waals surface area contributed by atoms with Crippen LogP contribution in [0.1, 0.15) is 22.4 Å². The molecule has 0 aromatic heterocycles. The van der Waals surface area contributed by atoms with Gasteiger partial charge in [0.25, 0.3) is 0 Å². The van der Waals surface area contributed by atoms with Gasteiger partial charge in [-0.25, -0.2) is 0 Å². The Bertz CT molecular complexity index is 582. The molecule has 1 unspecified atom stereocenters. The van der Waals surface area contributed by atoms with Crippen LogP contribution in [0.25, 0.3) is 0 Å². The molecule has 0 aliphatic heterocycles. The fourth-order valence-corrected chi connectivity index (χ4v) is 3.20. The Morgan fingerprint density at radius 3 is 2.29 bits per heavy atom. The van der Waals surface area contributed by atoms with Crippen molar-refractivity contribution in [3.8, 4) is 11.5 Å². The lowest BCUT2D eigenvalue weighted by atomic mass is 10.0. The van der Waals surface area contributed by atoms with Crippen molar-refractivity contribution < 1.29 is 9.47 Å². The molecular formula is C17H18Br2O2. The third-order valence-electron chi connectivity index (χ3n) is 3.38. The highest BCUT2D eigenvalue weighted by atomic mass is 79.9. The molecule has 0 heterocycles. The van der Waals surface area contributed by atoms with Crippen molar-refractivity contribution in [3.63, 3.8) is 0 Å².